The largest absolute Gasteiger partial charge is 0.370 e. The van der Waals surface area contributed by atoms with Gasteiger partial charge in [-0.05, 0) is 81.5 Å². The number of nitrogens with two attached hydrogens (primary N) is 2. The molecular weight excluding hydrogens is 1020 g/mol. The van der Waals surface area contributed by atoms with Crippen LogP contribution in [-0.4, -0.2) is 126 Å². The zero-order valence-electron chi connectivity index (χ0n) is 52.3. The molecule has 10 N–H and O–H groups in total. The van der Waals surface area contributed by atoms with Crippen molar-refractivity contribution in [1.82, 2.24) is 31.9 Å². The van der Waals surface area contributed by atoms with Crippen molar-refractivity contribution in [3.8, 4) is 0 Å². The molecule has 0 aliphatic rings. The second kappa shape index (κ2) is 43.6. The van der Waals surface area contributed by atoms with E-state index in [1.807, 2.05) is 96.9 Å². The highest BCUT2D eigenvalue weighted by molar-refractivity contribution is 5.94. The summed E-state index contributed by atoms with van der Waals surface area (Å²) in [5.74, 6) is -2.75. The van der Waals surface area contributed by atoms with Gasteiger partial charge in [-0.3, -0.25) is 38.4 Å². The molecule has 5 amide bonds. The monoisotopic (exact) mass is 1130 g/mol. The van der Waals surface area contributed by atoms with Crippen LogP contribution in [0.15, 0.2) is 0 Å². The Bertz CT molecular complexity index is 1890. The molecule has 0 rings (SSSR count). The SMILES string of the molecule is CC(=O)CC[C@H](NC(C)C)C(=O)C[C@@H](C)C(=O)N[C@H](C=O)CC(C)C.CC(C)C[C@@H](C=O)NC(=O)[C@H](CCC(N)=O)CC(=O)[C@H](CC(N)=O)NC(C)C.CC(C)C[C@H](CC(=O)[C@H](CC(C)C)NC(C)C)C(=O)N[C@H](C=O)CC(C)C. The molecule has 462 valence electrons. The molecule has 0 saturated carbocycles. The number of rotatable bonds is 42. The molecule has 0 fully saturated rings. The summed E-state index contributed by atoms with van der Waals surface area (Å²) < 4.78 is 0. The van der Waals surface area contributed by atoms with E-state index in [2.05, 4.69) is 45.7 Å². The molecule has 0 aromatic carbocycles. The van der Waals surface area contributed by atoms with Crippen molar-refractivity contribution < 1.29 is 57.5 Å². The van der Waals surface area contributed by atoms with E-state index in [4.69, 9.17) is 11.5 Å². The van der Waals surface area contributed by atoms with Crippen LogP contribution in [0.5, 0.6) is 0 Å². The van der Waals surface area contributed by atoms with Crippen LogP contribution in [-0.2, 0) is 57.5 Å². The maximum Gasteiger partial charge on any atom is 0.224 e. The Morgan fingerprint density at radius 1 is 0.375 bits per heavy atom. The van der Waals surface area contributed by atoms with Gasteiger partial charge in [0.1, 0.15) is 24.6 Å². The topological polar surface area (TPSA) is 329 Å². The minimum absolute atomic E-state index is 0.0386. The van der Waals surface area contributed by atoms with E-state index in [9.17, 15) is 57.5 Å². The third-order valence-corrected chi connectivity index (χ3v) is 12.4. The van der Waals surface area contributed by atoms with Gasteiger partial charge in [0.25, 0.3) is 0 Å². The fraction of sp³-hybridized carbons (Fsp3) is 0.800. The number of amides is 5. The third-order valence-electron chi connectivity index (χ3n) is 12.4. The first-order valence-electron chi connectivity index (χ1n) is 29.2. The Balaban J connectivity index is -0.00000111. The van der Waals surface area contributed by atoms with E-state index in [0.717, 1.165) is 19.0 Å². The molecule has 0 heterocycles. The van der Waals surface area contributed by atoms with E-state index < -0.39 is 65.7 Å². The second-order valence-corrected chi connectivity index (χ2v) is 24.7. The van der Waals surface area contributed by atoms with Gasteiger partial charge in [0, 0.05) is 74.4 Å². The average Bonchev–Trinajstić information content (AvgIpc) is 3.31. The molecule has 20 heteroatoms. The Morgan fingerprint density at radius 2 is 0.725 bits per heavy atom. The van der Waals surface area contributed by atoms with Crippen LogP contribution in [0, 0.1) is 47.3 Å². The Kier molecular flexibility index (Phi) is 43.2. The van der Waals surface area contributed by atoms with Crippen LogP contribution in [0.4, 0.5) is 0 Å². The summed E-state index contributed by atoms with van der Waals surface area (Å²) in [5.41, 5.74) is 10.4. The lowest BCUT2D eigenvalue weighted by Gasteiger charge is -2.26. The predicted molar refractivity (Wildman–Crippen MR) is 315 cm³/mol. The molecule has 0 aromatic rings. The first-order chi connectivity index (χ1) is 37.0. The van der Waals surface area contributed by atoms with E-state index in [-0.39, 0.29) is 104 Å². The Hall–Kier alpha value is -5.08. The van der Waals surface area contributed by atoms with Gasteiger partial charge in [0.2, 0.25) is 29.5 Å². The highest BCUT2D eigenvalue weighted by Gasteiger charge is 2.32. The fourth-order valence-corrected chi connectivity index (χ4v) is 8.82. The number of carbonyl (C=O) groups is 12. The molecule has 0 spiro atoms. The van der Waals surface area contributed by atoms with Gasteiger partial charge in [0.05, 0.1) is 36.3 Å². The molecule has 0 aliphatic carbocycles. The van der Waals surface area contributed by atoms with Gasteiger partial charge in [-0.25, -0.2) is 0 Å². The lowest BCUT2D eigenvalue weighted by atomic mass is 9.87. The predicted octanol–water partition coefficient (Wildman–Crippen LogP) is 5.60. The van der Waals surface area contributed by atoms with Crippen molar-refractivity contribution >= 4 is 71.5 Å². The molecular formula is C60H110N8O12. The molecule has 80 heavy (non-hydrogen) atoms. The molecule has 0 saturated heterocycles. The van der Waals surface area contributed by atoms with Crippen LogP contribution < -0.4 is 43.4 Å². The number of ketones is 4. The highest BCUT2D eigenvalue weighted by Crippen LogP contribution is 2.21. The lowest BCUT2D eigenvalue weighted by Crippen LogP contribution is -2.46. The van der Waals surface area contributed by atoms with Crippen molar-refractivity contribution in [3.63, 3.8) is 0 Å². The van der Waals surface area contributed by atoms with Gasteiger partial charge in [-0.1, -0.05) is 118 Å². The van der Waals surface area contributed by atoms with Crippen molar-refractivity contribution in [2.75, 3.05) is 0 Å². The molecule has 20 nitrogen and oxygen atoms in total. The summed E-state index contributed by atoms with van der Waals surface area (Å²) in [7, 11) is 0. The molecule has 0 unspecified atom stereocenters. The number of aldehydes is 3. The van der Waals surface area contributed by atoms with Crippen molar-refractivity contribution in [2.24, 2.45) is 58.8 Å². The maximum absolute atomic E-state index is 12.9. The minimum atomic E-state index is -0.834. The molecule has 0 aliphatic heterocycles. The first kappa shape index (κ1) is 79.1. The highest BCUT2D eigenvalue weighted by atomic mass is 16.2. The fourth-order valence-electron chi connectivity index (χ4n) is 8.82. The van der Waals surface area contributed by atoms with Crippen LogP contribution in [0.25, 0.3) is 0 Å². The average molecular weight is 1140 g/mol. The lowest BCUT2D eigenvalue weighted by molar-refractivity contribution is -0.133. The summed E-state index contributed by atoms with van der Waals surface area (Å²) in [6.07, 6.45) is 5.94. The normalized spacial score (nSPS) is 14.8. The quantitative estimate of drug-likeness (QED) is 0.0345. The van der Waals surface area contributed by atoms with Crippen LogP contribution in [0.3, 0.4) is 0 Å². The third kappa shape index (κ3) is 41.9. The number of carbonyl (C=O) groups excluding carboxylic acids is 12. The number of primary amides is 2. The van der Waals surface area contributed by atoms with E-state index in [1.54, 1.807) is 6.92 Å². The summed E-state index contributed by atoms with van der Waals surface area (Å²) >= 11 is 0. The zero-order chi connectivity index (χ0) is 62.6. The standard InChI is InChI=1S/C22H42N2O3.C19H34N4O5.C19H34N2O4/c1-14(2)9-18(22(27)24-19(13-25)10-15(3)4)12-21(26)20(11-16(5)6)23-17(7)8;1-11(2)7-14(10-24)23-19(28)13(5-6-17(20)26)8-16(25)15(9-18(21)27)22-12(3)4;1-12(2)9-16(11-22)21-19(25)14(5)10-18(24)17(20-13(3)4)8-7-15(6)23/h13-20,23H,9-12H2,1-8H3,(H,24,27);10-15,22H,5-9H2,1-4H3,(H2,20,26)(H2,21,27)(H,23,28);11-14,16-17,20H,7-10H2,1-6H3,(H,21,25)/t18-,19+,20+;13-,14+,15+;14-,16+,17+/m111/s1. The van der Waals surface area contributed by atoms with E-state index in [1.165, 1.54) is 6.92 Å². The van der Waals surface area contributed by atoms with Gasteiger partial charge >= 0.3 is 0 Å². The molecule has 0 aromatic heterocycles. The van der Waals surface area contributed by atoms with E-state index >= 15 is 0 Å². The Morgan fingerprint density at radius 3 is 1.09 bits per heavy atom. The second-order valence-electron chi connectivity index (χ2n) is 24.7. The smallest absolute Gasteiger partial charge is 0.224 e. The van der Waals surface area contributed by atoms with Crippen LogP contribution >= 0.6 is 0 Å². The summed E-state index contributed by atoms with van der Waals surface area (Å²) in [6.45, 7) is 34.9. The van der Waals surface area contributed by atoms with Gasteiger partial charge in [-0.2, -0.15) is 0 Å². The van der Waals surface area contributed by atoms with Gasteiger partial charge < -0.3 is 62.5 Å². The number of hydrogen-bond donors (Lipinski definition) is 8. The van der Waals surface area contributed by atoms with Crippen molar-refractivity contribution in [2.45, 2.75) is 262 Å². The summed E-state index contributed by atoms with van der Waals surface area (Å²) in [6, 6.07) is -2.92. The Labute approximate surface area is 480 Å². The number of Topliss-reactive ketones (excluding diaryl/α,β-unsaturated/α-hetero) is 4. The van der Waals surface area contributed by atoms with Crippen molar-refractivity contribution in [1.29, 1.82) is 0 Å². The minimum Gasteiger partial charge on any atom is -0.370 e. The van der Waals surface area contributed by atoms with E-state index in [0.29, 0.717) is 68.5 Å². The van der Waals surface area contributed by atoms with Crippen molar-refractivity contribution in [3.05, 3.63) is 0 Å². The van der Waals surface area contributed by atoms with Gasteiger partial charge in [-0.15, -0.1) is 0 Å². The summed E-state index contributed by atoms with van der Waals surface area (Å²) in [5, 5.41) is 17.7. The summed E-state index contributed by atoms with van der Waals surface area (Å²) in [4.78, 5) is 143. The maximum atomic E-state index is 12.9. The molecule has 0 bridgehead atoms. The number of hydrogen-bond acceptors (Lipinski definition) is 15. The first-order valence-corrected chi connectivity index (χ1v) is 29.2. The van der Waals surface area contributed by atoms with Gasteiger partial charge in [0.15, 0.2) is 17.3 Å². The zero-order valence-corrected chi connectivity index (χ0v) is 52.3. The van der Waals surface area contributed by atoms with Crippen LogP contribution in [0.2, 0.25) is 0 Å². The molecule has 9 atom stereocenters. The van der Waals surface area contributed by atoms with Crippen LogP contribution in [0.1, 0.15) is 208 Å². The molecule has 0 radical (unpaired) electrons. The number of nitrogens with one attached hydrogen (secondary N) is 6.